The molecule has 1 N–H and O–H groups in total. The molecular formula is C16H22N4O3S. The van der Waals surface area contributed by atoms with Gasteiger partial charge in [0.25, 0.3) is 5.56 Å². The lowest BCUT2D eigenvalue weighted by Gasteiger charge is -2.15. The molecule has 8 heteroatoms. The first-order valence-electron chi connectivity index (χ1n) is 7.93. The van der Waals surface area contributed by atoms with E-state index in [1.54, 1.807) is 18.9 Å². The molecule has 1 aliphatic rings. The number of H-pyrrole nitrogens is 1. The van der Waals surface area contributed by atoms with Crippen LogP contribution in [0.5, 0.6) is 0 Å². The van der Waals surface area contributed by atoms with Crippen molar-refractivity contribution in [2.75, 3.05) is 26.6 Å². The molecule has 7 nitrogen and oxygen atoms in total. The van der Waals surface area contributed by atoms with Crippen LogP contribution in [0, 0.1) is 0 Å². The second-order valence-corrected chi connectivity index (χ2v) is 6.81. The van der Waals surface area contributed by atoms with Crippen LogP contribution in [0.15, 0.2) is 10.9 Å². The fourth-order valence-corrected chi connectivity index (χ4v) is 3.63. The minimum atomic E-state index is -0.236. The van der Waals surface area contributed by atoms with E-state index >= 15 is 0 Å². The van der Waals surface area contributed by atoms with Crippen molar-refractivity contribution >= 4 is 11.8 Å². The van der Waals surface area contributed by atoms with Crippen LogP contribution in [0.1, 0.15) is 30.1 Å². The van der Waals surface area contributed by atoms with Crippen molar-refractivity contribution in [3.8, 4) is 11.4 Å². The van der Waals surface area contributed by atoms with Crippen molar-refractivity contribution in [1.29, 1.82) is 0 Å². The average molecular weight is 350 g/mol. The highest BCUT2D eigenvalue weighted by Gasteiger charge is 2.21. The van der Waals surface area contributed by atoms with Crippen LogP contribution >= 0.6 is 11.8 Å². The maximum absolute atomic E-state index is 12.6. The summed E-state index contributed by atoms with van der Waals surface area (Å²) >= 11 is 1.87. The quantitative estimate of drug-likeness (QED) is 0.855. The Kier molecular flexibility index (Phi) is 5.37. The average Bonchev–Trinajstić information content (AvgIpc) is 3.02. The molecule has 2 aromatic heterocycles. The molecule has 0 saturated carbocycles. The highest BCUT2D eigenvalue weighted by molar-refractivity contribution is 7.98. The van der Waals surface area contributed by atoms with Gasteiger partial charge in [0.15, 0.2) is 11.6 Å². The van der Waals surface area contributed by atoms with Crippen LogP contribution in [0.4, 0.5) is 0 Å². The summed E-state index contributed by atoms with van der Waals surface area (Å²) in [7, 11) is 3.25. The van der Waals surface area contributed by atoms with Crippen LogP contribution in [0.2, 0.25) is 0 Å². The number of aromatic amines is 1. The smallest absolute Gasteiger partial charge is 0.259 e. The molecule has 0 fully saturated rings. The Balaban J connectivity index is 2.07. The molecule has 24 heavy (non-hydrogen) atoms. The lowest BCUT2D eigenvalue weighted by atomic mass is 10.1. The third-order valence-corrected chi connectivity index (χ3v) is 5.13. The summed E-state index contributed by atoms with van der Waals surface area (Å²) in [6, 6.07) is 1.95. The normalized spacial score (nSPS) is 15.3. The fraction of sp³-hybridized carbons (Fsp3) is 0.562. The number of thioether (sulfide) groups is 1. The SMILES string of the molecule is COCCn1nc(C(C)OC)nc1-c1cc2c([nH]c1=O)CCSC2. The molecular weight excluding hydrogens is 328 g/mol. The van der Waals surface area contributed by atoms with Crippen molar-refractivity contribution in [1.82, 2.24) is 19.7 Å². The molecule has 1 unspecified atom stereocenters. The Morgan fingerprint density at radius 3 is 3.04 bits per heavy atom. The molecule has 1 atom stereocenters. The zero-order valence-electron chi connectivity index (χ0n) is 14.2. The second-order valence-electron chi connectivity index (χ2n) is 5.71. The van der Waals surface area contributed by atoms with Gasteiger partial charge in [0.1, 0.15) is 6.10 Å². The number of pyridine rings is 1. The van der Waals surface area contributed by atoms with E-state index in [1.165, 1.54) is 5.56 Å². The van der Waals surface area contributed by atoms with Gasteiger partial charge in [-0.15, -0.1) is 0 Å². The summed E-state index contributed by atoms with van der Waals surface area (Å²) in [4.78, 5) is 20.1. The lowest BCUT2D eigenvalue weighted by molar-refractivity contribution is 0.111. The van der Waals surface area contributed by atoms with Gasteiger partial charge in [-0.25, -0.2) is 9.67 Å². The number of hydrogen-bond donors (Lipinski definition) is 1. The number of nitrogens with one attached hydrogen (secondary N) is 1. The van der Waals surface area contributed by atoms with Crippen molar-refractivity contribution < 1.29 is 9.47 Å². The minimum absolute atomic E-state index is 0.122. The van der Waals surface area contributed by atoms with Crippen LogP contribution in [-0.2, 0) is 28.2 Å². The largest absolute Gasteiger partial charge is 0.383 e. The first-order valence-corrected chi connectivity index (χ1v) is 9.09. The van der Waals surface area contributed by atoms with Crippen molar-refractivity contribution in [2.24, 2.45) is 0 Å². The molecule has 1 aliphatic heterocycles. The van der Waals surface area contributed by atoms with E-state index in [2.05, 4.69) is 15.1 Å². The van der Waals surface area contributed by atoms with E-state index in [-0.39, 0.29) is 11.7 Å². The van der Waals surface area contributed by atoms with Gasteiger partial charge in [0.05, 0.1) is 18.7 Å². The maximum atomic E-state index is 12.6. The van der Waals surface area contributed by atoms with Gasteiger partial charge >= 0.3 is 0 Å². The van der Waals surface area contributed by atoms with Gasteiger partial charge in [0, 0.05) is 25.7 Å². The summed E-state index contributed by atoms with van der Waals surface area (Å²) < 4.78 is 12.2. The Hall–Kier alpha value is -1.64. The summed E-state index contributed by atoms with van der Waals surface area (Å²) in [5.41, 5.74) is 2.64. The van der Waals surface area contributed by atoms with Crippen molar-refractivity contribution in [2.45, 2.75) is 31.7 Å². The molecule has 0 saturated heterocycles. The van der Waals surface area contributed by atoms with E-state index in [0.29, 0.717) is 30.4 Å². The van der Waals surface area contributed by atoms with Crippen molar-refractivity contribution in [3.05, 3.63) is 33.5 Å². The number of ether oxygens (including phenoxy) is 2. The van der Waals surface area contributed by atoms with Crippen molar-refractivity contribution in [3.63, 3.8) is 0 Å². The molecule has 0 aliphatic carbocycles. The predicted octanol–water partition coefficient (Wildman–Crippen LogP) is 1.78. The zero-order chi connectivity index (χ0) is 17.1. The van der Waals surface area contributed by atoms with Crippen LogP contribution in [0.3, 0.4) is 0 Å². The summed E-state index contributed by atoms with van der Waals surface area (Å²) in [6.45, 7) is 2.91. The Morgan fingerprint density at radius 1 is 1.46 bits per heavy atom. The number of aromatic nitrogens is 4. The zero-order valence-corrected chi connectivity index (χ0v) is 15.0. The summed E-state index contributed by atoms with van der Waals surface area (Å²) in [5, 5.41) is 4.49. The number of aryl methyl sites for hydroxylation is 1. The minimum Gasteiger partial charge on any atom is -0.383 e. The molecule has 0 radical (unpaired) electrons. The van der Waals surface area contributed by atoms with E-state index < -0.39 is 0 Å². The molecule has 3 rings (SSSR count). The maximum Gasteiger partial charge on any atom is 0.259 e. The first kappa shape index (κ1) is 17.2. The van der Waals surface area contributed by atoms with Gasteiger partial charge in [-0.05, 0) is 30.7 Å². The number of fused-ring (bicyclic) bond motifs is 1. The van der Waals surface area contributed by atoms with Crippen LogP contribution < -0.4 is 5.56 Å². The molecule has 0 aromatic carbocycles. The van der Waals surface area contributed by atoms with Gasteiger partial charge in [-0.2, -0.15) is 16.9 Å². The second kappa shape index (κ2) is 7.50. The predicted molar refractivity (Wildman–Crippen MR) is 93.2 cm³/mol. The molecule has 0 amide bonds. The van der Waals surface area contributed by atoms with E-state index in [4.69, 9.17) is 9.47 Å². The molecule has 130 valence electrons. The van der Waals surface area contributed by atoms with Gasteiger partial charge < -0.3 is 14.5 Å². The van der Waals surface area contributed by atoms with Crippen LogP contribution in [-0.4, -0.2) is 46.3 Å². The topological polar surface area (TPSA) is 82.0 Å². The molecule has 2 aromatic rings. The number of hydrogen-bond acceptors (Lipinski definition) is 6. The molecule has 0 bridgehead atoms. The summed E-state index contributed by atoms with van der Waals surface area (Å²) in [6.07, 6.45) is 0.664. The fourth-order valence-electron chi connectivity index (χ4n) is 2.66. The Labute approximate surface area is 144 Å². The Bertz CT molecular complexity index is 771. The third-order valence-electron chi connectivity index (χ3n) is 4.12. The lowest BCUT2D eigenvalue weighted by Crippen LogP contribution is -2.19. The number of methoxy groups -OCH3 is 2. The number of nitrogens with zero attached hydrogens (tertiary/aromatic N) is 3. The summed E-state index contributed by atoms with van der Waals surface area (Å²) in [5.74, 6) is 3.08. The van der Waals surface area contributed by atoms with Gasteiger partial charge in [-0.1, -0.05) is 0 Å². The van der Waals surface area contributed by atoms with Gasteiger partial charge in [0.2, 0.25) is 0 Å². The Morgan fingerprint density at radius 2 is 2.29 bits per heavy atom. The molecule has 3 heterocycles. The standard InChI is InChI=1S/C16H22N4O3S/c1-10(23-3)14-18-15(20(19-14)5-6-22-2)12-8-11-9-24-7-4-13(11)17-16(12)21/h8,10H,4-7,9H2,1-3H3,(H,17,21). The van der Waals surface area contributed by atoms with E-state index in [0.717, 1.165) is 23.6 Å². The van der Waals surface area contributed by atoms with Crippen LogP contribution in [0.25, 0.3) is 11.4 Å². The number of rotatable bonds is 6. The first-order chi connectivity index (χ1) is 11.6. The highest BCUT2D eigenvalue weighted by atomic mass is 32.2. The van der Waals surface area contributed by atoms with E-state index in [1.807, 2.05) is 24.8 Å². The third kappa shape index (κ3) is 3.40. The van der Waals surface area contributed by atoms with Gasteiger partial charge in [-0.3, -0.25) is 4.79 Å². The monoisotopic (exact) mass is 350 g/mol. The highest BCUT2D eigenvalue weighted by Crippen LogP contribution is 2.26. The molecule has 0 spiro atoms. The van der Waals surface area contributed by atoms with E-state index in [9.17, 15) is 4.79 Å².